The van der Waals surface area contributed by atoms with Gasteiger partial charge in [0, 0.05) is 57.1 Å². The average Bonchev–Trinajstić information content (AvgIpc) is 3.69. The fraction of sp³-hybridized carbons (Fsp3) is 0.600. The van der Waals surface area contributed by atoms with Crippen LogP contribution < -0.4 is 5.32 Å². The Bertz CT molecular complexity index is 1330. The van der Waals surface area contributed by atoms with Gasteiger partial charge in [-0.15, -0.1) is 13.2 Å². The minimum atomic E-state index is -1.26. The van der Waals surface area contributed by atoms with Crippen molar-refractivity contribution in [2.24, 2.45) is 11.8 Å². The van der Waals surface area contributed by atoms with E-state index in [4.69, 9.17) is 14.2 Å². The Morgan fingerprint density at radius 3 is 2.60 bits per heavy atom. The molecule has 2 bridgehead atoms. The van der Waals surface area contributed by atoms with Crippen molar-refractivity contribution in [2.45, 2.75) is 54.4 Å². The molecule has 12 nitrogen and oxygen atoms in total. The van der Waals surface area contributed by atoms with Gasteiger partial charge in [-0.25, -0.2) is 0 Å². The van der Waals surface area contributed by atoms with Crippen molar-refractivity contribution in [3.05, 3.63) is 61.2 Å². The van der Waals surface area contributed by atoms with Crippen LogP contribution in [0.3, 0.4) is 0 Å². The molecule has 4 saturated heterocycles. The Kier molecular flexibility index (Phi) is 12.5. The predicted molar refractivity (Wildman–Crippen MR) is 181 cm³/mol. The Labute approximate surface area is 290 Å². The number of carbonyl (C=O) groups is 4. The van der Waals surface area contributed by atoms with Crippen molar-refractivity contribution < 1.29 is 38.5 Å². The number of hydrogen-bond donors (Lipinski definition) is 2. The zero-order valence-corrected chi connectivity index (χ0v) is 28.9. The summed E-state index contributed by atoms with van der Waals surface area (Å²) in [6, 6.07) is 8.14. The van der Waals surface area contributed by atoms with E-state index >= 15 is 0 Å². The number of aliphatic hydroxyl groups is 1. The predicted octanol–water partition coefficient (Wildman–Crippen LogP) is 1.83. The summed E-state index contributed by atoms with van der Waals surface area (Å²) >= 11 is 3.71. The monoisotopic (exact) mass is 730 g/mol. The van der Waals surface area contributed by atoms with Crippen LogP contribution in [0.1, 0.15) is 37.4 Å². The highest BCUT2D eigenvalue weighted by molar-refractivity contribution is 9.09. The van der Waals surface area contributed by atoms with Crippen molar-refractivity contribution in [2.75, 3.05) is 65.6 Å². The quantitative estimate of drug-likeness (QED) is 0.140. The summed E-state index contributed by atoms with van der Waals surface area (Å²) in [5.41, 5.74) is -0.564. The van der Waals surface area contributed by atoms with Gasteiger partial charge < -0.3 is 34.4 Å². The van der Waals surface area contributed by atoms with E-state index in [-0.39, 0.29) is 61.6 Å². The summed E-state index contributed by atoms with van der Waals surface area (Å²) in [7, 11) is 0. The summed E-state index contributed by atoms with van der Waals surface area (Å²) in [5, 5.41) is 12.6. The summed E-state index contributed by atoms with van der Waals surface area (Å²) in [6.45, 7) is 11.7. The lowest BCUT2D eigenvalue weighted by atomic mass is 9.70. The van der Waals surface area contributed by atoms with Crippen molar-refractivity contribution in [3.8, 4) is 0 Å². The van der Waals surface area contributed by atoms with Gasteiger partial charge in [0.15, 0.2) is 0 Å². The molecular formula is C35H47BrN4O8. The average molecular weight is 732 g/mol. The van der Waals surface area contributed by atoms with E-state index < -0.39 is 41.7 Å². The van der Waals surface area contributed by atoms with Gasteiger partial charge in [-0.05, 0) is 24.8 Å². The molecule has 3 amide bonds. The van der Waals surface area contributed by atoms with Gasteiger partial charge in [-0.3, -0.25) is 24.1 Å². The van der Waals surface area contributed by atoms with Crippen LogP contribution in [0.2, 0.25) is 0 Å². The van der Waals surface area contributed by atoms with E-state index in [0.29, 0.717) is 44.7 Å². The summed E-state index contributed by atoms with van der Waals surface area (Å²) < 4.78 is 18.2. The molecule has 1 unspecified atom stereocenters. The Balaban J connectivity index is 1.40. The first-order valence-electron chi connectivity index (χ1n) is 16.8. The minimum Gasteiger partial charge on any atom is -0.455 e. The lowest BCUT2D eigenvalue weighted by Gasteiger charge is -2.38. The fourth-order valence-corrected chi connectivity index (χ4v) is 8.45. The normalized spacial score (nSPS) is 28.5. The summed E-state index contributed by atoms with van der Waals surface area (Å²) in [6.07, 6.45) is 3.24. The molecule has 0 aliphatic carbocycles. The first-order chi connectivity index (χ1) is 23.2. The molecule has 48 heavy (non-hydrogen) atoms. The number of morpholine rings is 1. The molecule has 1 aromatic carbocycles. The number of nitrogens with one attached hydrogen (secondary N) is 1. The summed E-state index contributed by atoms with van der Waals surface area (Å²) in [5.74, 6) is -3.36. The van der Waals surface area contributed by atoms with Crippen LogP contribution in [-0.2, 0) is 33.4 Å². The summed E-state index contributed by atoms with van der Waals surface area (Å²) in [4.78, 5) is 60.6. The Hall–Kier alpha value is -3.10. The molecule has 0 saturated carbocycles. The zero-order valence-electron chi connectivity index (χ0n) is 27.3. The molecule has 0 aromatic heterocycles. The van der Waals surface area contributed by atoms with Crippen molar-refractivity contribution in [3.63, 3.8) is 0 Å². The van der Waals surface area contributed by atoms with Crippen LogP contribution in [0.15, 0.2) is 55.6 Å². The van der Waals surface area contributed by atoms with Crippen LogP contribution in [-0.4, -0.2) is 132 Å². The largest absolute Gasteiger partial charge is 0.455 e. The smallest absolute Gasteiger partial charge is 0.313 e. The highest BCUT2D eigenvalue weighted by Gasteiger charge is 2.77. The van der Waals surface area contributed by atoms with E-state index in [1.165, 1.54) is 4.90 Å². The molecule has 5 rings (SSSR count). The molecule has 0 radical (unpaired) electrons. The van der Waals surface area contributed by atoms with Crippen LogP contribution >= 0.6 is 15.9 Å². The number of halogens is 1. The highest BCUT2D eigenvalue weighted by atomic mass is 79.9. The maximum atomic E-state index is 14.5. The second kappa shape index (κ2) is 16.5. The fourth-order valence-electron chi connectivity index (χ4n) is 7.51. The maximum absolute atomic E-state index is 14.5. The van der Waals surface area contributed by atoms with Gasteiger partial charge in [0.25, 0.3) is 0 Å². The third kappa shape index (κ3) is 7.55. The molecule has 1 spiro atoms. The van der Waals surface area contributed by atoms with Crippen LogP contribution in [0.4, 0.5) is 0 Å². The van der Waals surface area contributed by atoms with Gasteiger partial charge in [-0.2, -0.15) is 0 Å². The number of amides is 3. The Morgan fingerprint density at radius 1 is 1.17 bits per heavy atom. The van der Waals surface area contributed by atoms with E-state index in [1.54, 1.807) is 17.1 Å². The Morgan fingerprint density at radius 2 is 1.92 bits per heavy atom. The van der Waals surface area contributed by atoms with E-state index in [2.05, 4.69) is 39.3 Å². The lowest BCUT2D eigenvalue weighted by molar-refractivity contribution is -0.160. The molecule has 4 heterocycles. The lowest BCUT2D eigenvalue weighted by Crippen LogP contribution is -2.57. The topological polar surface area (TPSA) is 138 Å². The number of carbonyl (C=O) groups excluding carboxylic acids is 4. The number of benzene rings is 1. The van der Waals surface area contributed by atoms with Crippen LogP contribution in [0, 0.1) is 11.8 Å². The highest BCUT2D eigenvalue weighted by Crippen LogP contribution is 2.60. The number of rotatable bonds is 17. The number of esters is 1. The molecule has 13 heteroatoms. The van der Waals surface area contributed by atoms with Gasteiger partial charge in [0.05, 0.1) is 37.7 Å². The first kappa shape index (κ1) is 36.2. The minimum absolute atomic E-state index is 0.0505. The van der Waals surface area contributed by atoms with Crippen molar-refractivity contribution in [1.82, 2.24) is 20.0 Å². The standard InChI is InChI=1S/C35H47BrN4O8/c1-3-5-12-27(42)37-23-26(24-10-7-6-8-11-24)47-34(45)28-29-32(43)40(14-9-19-41)31(35(29)22-25(36)30(28)48-35)33(44)39(13-4-2)16-15-38-17-20-46-21-18-38/h3-4,6-8,10-11,25-26,28-31,41H,1-2,5,9,12-23H2,(H,37,42)/t25?,26-,28+,29-,30+,31+,35-/m0/s1. The SMILES string of the molecule is C=CCCC(=O)NC[C@H](OC(=O)[C@H]1[C@@H]2O[C@@]3(CC2Br)[C@@H]1C(=O)N(CCCO)[C@@H]3C(=O)N(CC=C)CCN1CCOCC1)c1ccccc1. The molecule has 7 atom stereocenters. The van der Waals surface area contributed by atoms with Gasteiger partial charge in [-0.1, -0.05) is 58.4 Å². The van der Waals surface area contributed by atoms with E-state index in [1.807, 2.05) is 30.3 Å². The van der Waals surface area contributed by atoms with Crippen LogP contribution in [0.25, 0.3) is 0 Å². The second-order valence-corrected chi connectivity index (χ2v) is 13.9. The number of allylic oxidation sites excluding steroid dienone is 1. The second-order valence-electron chi connectivity index (χ2n) is 12.8. The van der Waals surface area contributed by atoms with Crippen molar-refractivity contribution in [1.29, 1.82) is 0 Å². The number of ether oxygens (including phenoxy) is 3. The molecule has 4 aliphatic rings. The number of fused-ring (bicyclic) bond motifs is 1. The number of alkyl halides is 1. The molecule has 2 N–H and O–H groups in total. The molecule has 4 fully saturated rings. The first-order valence-corrected chi connectivity index (χ1v) is 17.7. The third-order valence-electron chi connectivity index (χ3n) is 9.79. The van der Waals surface area contributed by atoms with E-state index in [0.717, 1.165) is 13.1 Å². The molecular weight excluding hydrogens is 684 g/mol. The van der Waals surface area contributed by atoms with Gasteiger partial charge >= 0.3 is 5.97 Å². The number of likely N-dealkylation sites (tertiary alicyclic amines) is 1. The van der Waals surface area contributed by atoms with Crippen LogP contribution in [0.5, 0.6) is 0 Å². The molecule has 262 valence electrons. The van der Waals surface area contributed by atoms with Crippen molar-refractivity contribution >= 4 is 39.6 Å². The van der Waals surface area contributed by atoms with Gasteiger partial charge in [0.1, 0.15) is 17.7 Å². The van der Waals surface area contributed by atoms with Gasteiger partial charge in [0.2, 0.25) is 17.7 Å². The zero-order chi connectivity index (χ0) is 34.3. The molecule has 1 aromatic rings. The molecule has 4 aliphatic heterocycles. The van der Waals surface area contributed by atoms with E-state index in [9.17, 15) is 24.3 Å². The number of nitrogens with zero attached hydrogens (tertiary/aromatic N) is 3. The number of aliphatic hydroxyl groups excluding tert-OH is 1. The maximum Gasteiger partial charge on any atom is 0.313 e. The number of hydrogen-bond acceptors (Lipinski definition) is 9. The third-order valence-corrected chi connectivity index (χ3v) is 10.6.